The summed E-state index contributed by atoms with van der Waals surface area (Å²) >= 11 is 3.35. The fourth-order valence-corrected chi connectivity index (χ4v) is 2.93. The highest BCUT2D eigenvalue weighted by atomic mass is 79.9. The Labute approximate surface area is 172 Å². The summed E-state index contributed by atoms with van der Waals surface area (Å²) in [5.74, 6) is 1.32. The maximum absolute atomic E-state index is 12.0. The summed E-state index contributed by atoms with van der Waals surface area (Å²) in [6.45, 7) is 0.300. The third kappa shape index (κ3) is 6.09. The molecule has 0 unspecified atom stereocenters. The van der Waals surface area contributed by atoms with Crippen molar-refractivity contribution in [3.63, 3.8) is 0 Å². The van der Waals surface area contributed by atoms with E-state index in [0.29, 0.717) is 19.4 Å². The predicted molar refractivity (Wildman–Crippen MR) is 113 cm³/mol. The summed E-state index contributed by atoms with van der Waals surface area (Å²) in [6, 6.07) is 21.0. The molecule has 0 aliphatic heterocycles. The molecule has 1 aromatic heterocycles. The summed E-state index contributed by atoms with van der Waals surface area (Å²) in [6.07, 6.45) is 1.06. The minimum atomic E-state index is -0.138. The van der Waals surface area contributed by atoms with Gasteiger partial charge >= 0.3 is 0 Å². The number of anilines is 1. The van der Waals surface area contributed by atoms with Crippen LogP contribution in [0.3, 0.4) is 0 Å². The normalized spacial score (nSPS) is 10.5. The van der Waals surface area contributed by atoms with Crippen molar-refractivity contribution in [2.45, 2.75) is 19.3 Å². The molecular formula is C22H21BrN2O3. The number of halogens is 1. The van der Waals surface area contributed by atoms with Crippen LogP contribution in [0.2, 0.25) is 0 Å². The Morgan fingerprint density at radius 1 is 0.857 bits per heavy atom. The first-order valence-electron chi connectivity index (χ1n) is 9.06. The van der Waals surface area contributed by atoms with E-state index in [1.165, 1.54) is 0 Å². The maximum Gasteiger partial charge on any atom is 0.226 e. The van der Waals surface area contributed by atoms with Crippen LogP contribution in [0.15, 0.2) is 75.6 Å². The van der Waals surface area contributed by atoms with E-state index in [2.05, 4.69) is 26.6 Å². The van der Waals surface area contributed by atoms with E-state index >= 15 is 0 Å². The highest BCUT2D eigenvalue weighted by molar-refractivity contribution is 9.10. The predicted octanol–water partition coefficient (Wildman–Crippen LogP) is 4.79. The number of carbonyl (C=O) groups excluding carboxylic acids is 2. The summed E-state index contributed by atoms with van der Waals surface area (Å²) in [5.41, 5.74) is 1.74. The average molecular weight is 441 g/mol. The van der Waals surface area contributed by atoms with E-state index in [-0.39, 0.29) is 18.2 Å². The highest BCUT2D eigenvalue weighted by Gasteiger charge is 2.08. The molecule has 0 fully saturated rings. The lowest BCUT2D eigenvalue weighted by molar-refractivity contribution is -0.121. The monoisotopic (exact) mass is 440 g/mol. The first-order chi connectivity index (χ1) is 13.6. The molecule has 28 heavy (non-hydrogen) atoms. The Hall–Kier alpha value is -2.86. The topological polar surface area (TPSA) is 71.3 Å². The van der Waals surface area contributed by atoms with Gasteiger partial charge in [-0.05, 0) is 36.4 Å². The van der Waals surface area contributed by atoms with Crippen LogP contribution in [0.5, 0.6) is 0 Å². The van der Waals surface area contributed by atoms with Crippen LogP contribution < -0.4 is 10.6 Å². The molecule has 2 N–H and O–H groups in total. The lowest BCUT2D eigenvalue weighted by atomic mass is 10.2. The molecule has 0 atom stereocenters. The van der Waals surface area contributed by atoms with Gasteiger partial charge in [0.2, 0.25) is 11.8 Å². The quantitative estimate of drug-likeness (QED) is 0.528. The minimum Gasteiger partial charge on any atom is -0.461 e. The molecule has 0 saturated carbocycles. The summed E-state index contributed by atoms with van der Waals surface area (Å²) in [4.78, 5) is 23.9. The standard InChI is InChI=1S/C22H21BrN2O3/c23-17-6-8-18(9-7-17)25-22(27)14-15-24-21(26)13-11-19-10-12-20(28-19)16-4-2-1-3-5-16/h1-10,12H,11,13-15H2,(H,24,26)(H,25,27). The molecule has 5 nitrogen and oxygen atoms in total. The summed E-state index contributed by atoms with van der Waals surface area (Å²) in [5, 5.41) is 5.56. The Morgan fingerprint density at radius 2 is 1.61 bits per heavy atom. The number of nitrogens with one attached hydrogen (secondary N) is 2. The molecule has 6 heteroatoms. The first kappa shape index (κ1) is 19.9. The number of hydrogen-bond acceptors (Lipinski definition) is 3. The lowest BCUT2D eigenvalue weighted by Crippen LogP contribution is -2.27. The van der Waals surface area contributed by atoms with Gasteiger partial charge in [0.15, 0.2) is 0 Å². The highest BCUT2D eigenvalue weighted by Crippen LogP contribution is 2.22. The molecule has 0 bridgehead atoms. The molecule has 144 valence electrons. The molecule has 2 aromatic carbocycles. The van der Waals surface area contributed by atoms with Gasteiger partial charge < -0.3 is 15.1 Å². The van der Waals surface area contributed by atoms with Crippen LogP contribution >= 0.6 is 15.9 Å². The molecule has 3 aromatic rings. The average Bonchev–Trinajstić information content (AvgIpc) is 3.18. The van der Waals surface area contributed by atoms with Crippen LogP contribution in [-0.2, 0) is 16.0 Å². The fraction of sp³-hybridized carbons (Fsp3) is 0.182. The summed E-state index contributed by atoms with van der Waals surface area (Å²) in [7, 11) is 0. The third-order valence-electron chi connectivity index (χ3n) is 4.12. The van der Waals surface area contributed by atoms with Crippen LogP contribution in [0, 0.1) is 0 Å². The number of hydrogen-bond donors (Lipinski definition) is 2. The van der Waals surface area contributed by atoms with Crippen molar-refractivity contribution >= 4 is 33.4 Å². The van der Waals surface area contributed by atoms with Gasteiger partial charge in [0, 0.05) is 41.5 Å². The Morgan fingerprint density at radius 3 is 2.36 bits per heavy atom. The van der Waals surface area contributed by atoms with Crippen molar-refractivity contribution in [2.24, 2.45) is 0 Å². The van der Waals surface area contributed by atoms with E-state index in [9.17, 15) is 9.59 Å². The van der Waals surface area contributed by atoms with E-state index in [4.69, 9.17) is 4.42 Å². The smallest absolute Gasteiger partial charge is 0.226 e. The largest absolute Gasteiger partial charge is 0.461 e. The van der Waals surface area contributed by atoms with Gasteiger partial charge in [-0.3, -0.25) is 9.59 Å². The second-order valence-electron chi connectivity index (χ2n) is 6.29. The first-order valence-corrected chi connectivity index (χ1v) is 9.86. The zero-order chi connectivity index (χ0) is 19.8. The molecule has 2 amide bonds. The second-order valence-corrected chi connectivity index (χ2v) is 7.20. The Kier molecular flexibility index (Phi) is 7.03. The van der Waals surface area contributed by atoms with Crippen LogP contribution in [0.4, 0.5) is 5.69 Å². The molecule has 0 saturated heterocycles. The third-order valence-corrected chi connectivity index (χ3v) is 4.65. The number of rotatable bonds is 8. The zero-order valence-electron chi connectivity index (χ0n) is 15.3. The number of furan rings is 1. The maximum atomic E-state index is 12.0. The van der Waals surface area contributed by atoms with E-state index in [0.717, 1.165) is 27.2 Å². The van der Waals surface area contributed by atoms with Crippen molar-refractivity contribution in [3.05, 3.63) is 77.0 Å². The van der Waals surface area contributed by atoms with Gasteiger partial charge in [0.1, 0.15) is 11.5 Å². The SMILES string of the molecule is O=C(CCc1ccc(-c2ccccc2)o1)NCCC(=O)Nc1ccc(Br)cc1. The van der Waals surface area contributed by atoms with Crippen molar-refractivity contribution < 1.29 is 14.0 Å². The number of benzene rings is 2. The van der Waals surface area contributed by atoms with Crippen LogP contribution in [0.25, 0.3) is 11.3 Å². The minimum absolute atomic E-state index is 0.103. The zero-order valence-corrected chi connectivity index (χ0v) is 16.9. The van der Waals surface area contributed by atoms with Crippen molar-refractivity contribution in [1.82, 2.24) is 5.32 Å². The van der Waals surface area contributed by atoms with Gasteiger partial charge in [-0.1, -0.05) is 46.3 Å². The second kappa shape index (κ2) is 9.90. The van der Waals surface area contributed by atoms with Crippen molar-refractivity contribution in [2.75, 3.05) is 11.9 Å². The van der Waals surface area contributed by atoms with Gasteiger partial charge in [-0.15, -0.1) is 0 Å². The number of aryl methyl sites for hydroxylation is 1. The molecule has 3 rings (SSSR count). The van der Waals surface area contributed by atoms with Crippen molar-refractivity contribution in [1.29, 1.82) is 0 Å². The van der Waals surface area contributed by atoms with Gasteiger partial charge in [-0.25, -0.2) is 0 Å². The van der Waals surface area contributed by atoms with E-state index in [1.807, 2.05) is 66.7 Å². The molecule has 0 spiro atoms. The summed E-state index contributed by atoms with van der Waals surface area (Å²) < 4.78 is 6.74. The van der Waals surface area contributed by atoms with E-state index < -0.39 is 0 Å². The molecular weight excluding hydrogens is 420 g/mol. The molecule has 0 aliphatic carbocycles. The molecule has 1 heterocycles. The Bertz CT molecular complexity index is 920. The van der Waals surface area contributed by atoms with Gasteiger partial charge in [0.25, 0.3) is 0 Å². The number of carbonyl (C=O) groups is 2. The fourth-order valence-electron chi connectivity index (χ4n) is 2.67. The van der Waals surface area contributed by atoms with Gasteiger partial charge in [-0.2, -0.15) is 0 Å². The molecule has 0 aliphatic rings. The Balaban J connectivity index is 1.36. The van der Waals surface area contributed by atoms with E-state index in [1.54, 1.807) is 0 Å². The number of amides is 2. The van der Waals surface area contributed by atoms with Gasteiger partial charge in [0.05, 0.1) is 0 Å². The van der Waals surface area contributed by atoms with Crippen LogP contribution in [0.1, 0.15) is 18.6 Å². The molecule has 0 radical (unpaired) electrons. The van der Waals surface area contributed by atoms with Crippen LogP contribution in [-0.4, -0.2) is 18.4 Å². The van der Waals surface area contributed by atoms with Crippen molar-refractivity contribution in [3.8, 4) is 11.3 Å². The lowest BCUT2D eigenvalue weighted by Gasteiger charge is -2.06.